The Hall–Kier alpha value is -0.510. The Morgan fingerprint density at radius 3 is 2.40 bits per heavy atom. The van der Waals surface area contributed by atoms with Crippen molar-refractivity contribution < 1.29 is 14.7 Å². The summed E-state index contributed by atoms with van der Waals surface area (Å²) in [6.07, 6.45) is 4.31. The summed E-state index contributed by atoms with van der Waals surface area (Å²) >= 11 is 1.39. The van der Waals surface area contributed by atoms with Gasteiger partial charge in [0.25, 0.3) is 0 Å². The fourth-order valence-corrected chi connectivity index (χ4v) is 2.51. The van der Waals surface area contributed by atoms with Crippen LogP contribution in [0.3, 0.4) is 0 Å². The first kappa shape index (κ1) is 14.5. The van der Waals surface area contributed by atoms with Gasteiger partial charge in [-0.15, -0.1) is 0 Å². The number of carbonyl (C=O) groups excluding carboxylic acids is 1. The molecule has 1 atom stereocenters. The van der Waals surface area contributed by atoms with Gasteiger partial charge in [0, 0.05) is 18.1 Å². The molecule has 88 valence electrons. The number of carboxylic acid groups (broad SMARTS) is 1. The maximum absolute atomic E-state index is 11.2. The summed E-state index contributed by atoms with van der Waals surface area (Å²) in [6.45, 7) is 3.94. The van der Waals surface area contributed by atoms with Gasteiger partial charge in [-0.05, 0) is 19.3 Å². The van der Waals surface area contributed by atoms with E-state index < -0.39 is 5.97 Å². The Balaban J connectivity index is 3.82. The molecule has 0 radical (unpaired) electrons. The van der Waals surface area contributed by atoms with E-state index in [-0.39, 0.29) is 11.5 Å². The molecule has 15 heavy (non-hydrogen) atoms. The van der Waals surface area contributed by atoms with E-state index in [1.54, 1.807) is 0 Å². The molecule has 0 aliphatic carbocycles. The Morgan fingerprint density at radius 2 is 1.93 bits per heavy atom. The van der Waals surface area contributed by atoms with Crippen molar-refractivity contribution in [1.29, 1.82) is 0 Å². The Bertz CT molecular complexity index is 204. The number of carboxylic acids is 1. The van der Waals surface area contributed by atoms with Crippen LogP contribution in [0.2, 0.25) is 0 Å². The van der Waals surface area contributed by atoms with E-state index in [1.807, 2.05) is 6.92 Å². The maximum Gasteiger partial charge on any atom is 0.303 e. The van der Waals surface area contributed by atoms with E-state index in [4.69, 9.17) is 5.11 Å². The van der Waals surface area contributed by atoms with Gasteiger partial charge in [0.05, 0.1) is 0 Å². The van der Waals surface area contributed by atoms with Gasteiger partial charge < -0.3 is 5.11 Å². The fraction of sp³-hybridized carbons (Fsp3) is 0.818. The summed E-state index contributed by atoms with van der Waals surface area (Å²) in [6, 6.07) is 0. The first-order chi connectivity index (χ1) is 7.10. The van der Waals surface area contributed by atoms with Gasteiger partial charge in [0.1, 0.15) is 0 Å². The second-order valence-electron chi connectivity index (χ2n) is 3.54. The number of aliphatic carboxylic acids is 1. The lowest BCUT2D eigenvalue weighted by Crippen LogP contribution is -2.07. The van der Waals surface area contributed by atoms with Gasteiger partial charge in [-0.25, -0.2) is 0 Å². The van der Waals surface area contributed by atoms with Crippen molar-refractivity contribution in [1.82, 2.24) is 0 Å². The highest BCUT2D eigenvalue weighted by atomic mass is 32.2. The number of carbonyl (C=O) groups is 2. The Morgan fingerprint density at radius 1 is 1.27 bits per heavy atom. The normalized spacial score (nSPS) is 12.4. The third-order valence-electron chi connectivity index (χ3n) is 2.11. The van der Waals surface area contributed by atoms with E-state index in [2.05, 4.69) is 6.92 Å². The molecule has 0 bridgehead atoms. The fourth-order valence-electron chi connectivity index (χ4n) is 1.33. The van der Waals surface area contributed by atoms with Gasteiger partial charge in [-0.2, -0.15) is 0 Å². The quantitative estimate of drug-likeness (QED) is 0.698. The molecule has 0 aliphatic heterocycles. The SMILES string of the molecule is CCCC(CCCC(=O)O)SC(=O)CC. The molecule has 3 nitrogen and oxygen atoms in total. The number of thioether (sulfide) groups is 1. The maximum atomic E-state index is 11.2. The Kier molecular flexibility index (Phi) is 8.47. The standard InChI is InChI=1S/C11H20O3S/c1-3-6-9(15-11(14)4-2)7-5-8-10(12)13/h9H,3-8H2,1-2H3,(H,12,13). The molecule has 0 spiro atoms. The predicted octanol–water partition coefficient (Wildman–Crippen LogP) is 3.08. The third-order valence-corrected chi connectivity index (χ3v) is 3.47. The summed E-state index contributed by atoms with van der Waals surface area (Å²) in [5.41, 5.74) is 0. The van der Waals surface area contributed by atoms with E-state index in [9.17, 15) is 9.59 Å². The molecule has 0 amide bonds. The summed E-state index contributed by atoms with van der Waals surface area (Å²) in [7, 11) is 0. The number of rotatable bonds is 8. The molecule has 0 saturated carbocycles. The molecule has 0 fully saturated rings. The number of hydrogen-bond acceptors (Lipinski definition) is 3. The molecule has 0 heterocycles. The summed E-state index contributed by atoms with van der Waals surface area (Å²) in [5.74, 6) is -0.753. The van der Waals surface area contributed by atoms with E-state index in [0.717, 1.165) is 19.3 Å². The van der Waals surface area contributed by atoms with E-state index in [0.29, 0.717) is 18.1 Å². The average molecular weight is 232 g/mol. The van der Waals surface area contributed by atoms with Crippen LogP contribution in [0.15, 0.2) is 0 Å². The highest BCUT2D eigenvalue weighted by Crippen LogP contribution is 2.23. The molecule has 0 rings (SSSR count). The molecule has 1 N–H and O–H groups in total. The summed E-state index contributed by atoms with van der Waals surface area (Å²) in [4.78, 5) is 21.6. The highest BCUT2D eigenvalue weighted by Gasteiger charge is 2.13. The minimum absolute atomic E-state index is 0.209. The first-order valence-corrected chi connectivity index (χ1v) is 6.39. The zero-order valence-electron chi connectivity index (χ0n) is 9.49. The number of hydrogen-bond donors (Lipinski definition) is 1. The zero-order valence-corrected chi connectivity index (χ0v) is 10.3. The molecule has 0 aromatic heterocycles. The van der Waals surface area contributed by atoms with Crippen LogP contribution in [0.5, 0.6) is 0 Å². The van der Waals surface area contributed by atoms with Gasteiger partial charge in [-0.3, -0.25) is 9.59 Å². The minimum atomic E-state index is -0.753. The Labute approximate surface area is 95.6 Å². The largest absolute Gasteiger partial charge is 0.481 e. The van der Waals surface area contributed by atoms with Crippen LogP contribution >= 0.6 is 11.8 Å². The first-order valence-electron chi connectivity index (χ1n) is 5.51. The molecular weight excluding hydrogens is 212 g/mol. The third kappa shape index (κ3) is 8.48. The van der Waals surface area contributed by atoms with Crippen molar-refractivity contribution in [2.75, 3.05) is 0 Å². The molecule has 1 unspecified atom stereocenters. The van der Waals surface area contributed by atoms with Crippen molar-refractivity contribution in [2.45, 2.75) is 57.6 Å². The van der Waals surface area contributed by atoms with Crippen LogP contribution in [0, 0.1) is 0 Å². The van der Waals surface area contributed by atoms with E-state index >= 15 is 0 Å². The summed E-state index contributed by atoms with van der Waals surface area (Å²) < 4.78 is 0. The predicted molar refractivity (Wildman–Crippen MR) is 63.1 cm³/mol. The lowest BCUT2D eigenvalue weighted by Gasteiger charge is -2.13. The van der Waals surface area contributed by atoms with E-state index in [1.165, 1.54) is 11.8 Å². The van der Waals surface area contributed by atoms with Gasteiger partial charge in [0.2, 0.25) is 0 Å². The highest BCUT2D eigenvalue weighted by molar-refractivity contribution is 8.14. The van der Waals surface area contributed by atoms with Gasteiger partial charge in [-0.1, -0.05) is 32.0 Å². The van der Waals surface area contributed by atoms with Crippen LogP contribution in [-0.2, 0) is 9.59 Å². The van der Waals surface area contributed by atoms with Crippen molar-refractivity contribution in [3.05, 3.63) is 0 Å². The lowest BCUT2D eigenvalue weighted by molar-refractivity contribution is -0.137. The van der Waals surface area contributed by atoms with Crippen molar-refractivity contribution >= 4 is 22.8 Å². The van der Waals surface area contributed by atoms with Crippen LogP contribution in [-0.4, -0.2) is 21.4 Å². The molecule has 0 aliphatic rings. The second-order valence-corrected chi connectivity index (χ2v) is 4.90. The molecular formula is C11H20O3S. The van der Waals surface area contributed by atoms with Crippen LogP contribution in [0.1, 0.15) is 52.4 Å². The molecule has 0 aromatic rings. The van der Waals surface area contributed by atoms with Gasteiger partial charge in [0.15, 0.2) is 5.12 Å². The van der Waals surface area contributed by atoms with Crippen LogP contribution in [0.4, 0.5) is 0 Å². The lowest BCUT2D eigenvalue weighted by atomic mass is 10.1. The van der Waals surface area contributed by atoms with Crippen molar-refractivity contribution in [3.8, 4) is 0 Å². The van der Waals surface area contributed by atoms with Crippen LogP contribution in [0.25, 0.3) is 0 Å². The molecule has 0 saturated heterocycles. The summed E-state index contributed by atoms with van der Waals surface area (Å²) in [5, 5.41) is 9.03. The smallest absolute Gasteiger partial charge is 0.303 e. The zero-order chi connectivity index (χ0) is 11.7. The van der Waals surface area contributed by atoms with Crippen molar-refractivity contribution in [3.63, 3.8) is 0 Å². The van der Waals surface area contributed by atoms with Crippen LogP contribution < -0.4 is 0 Å². The average Bonchev–Trinajstić information content (AvgIpc) is 2.17. The topological polar surface area (TPSA) is 54.4 Å². The van der Waals surface area contributed by atoms with Crippen molar-refractivity contribution in [2.24, 2.45) is 0 Å². The molecule has 4 heteroatoms. The molecule has 0 aromatic carbocycles. The minimum Gasteiger partial charge on any atom is -0.481 e. The monoisotopic (exact) mass is 232 g/mol. The van der Waals surface area contributed by atoms with Gasteiger partial charge >= 0.3 is 5.97 Å². The second kappa shape index (κ2) is 8.77.